The SMILES string of the molecule is COc1cc(C(=O)CO)c(OC)c([N+](=O)[O-])c1. The number of nitro benzene ring substituents is 1. The summed E-state index contributed by atoms with van der Waals surface area (Å²) in [5, 5.41) is 19.6. The molecule has 0 aliphatic heterocycles. The number of hydrogen-bond acceptors (Lipinski definition) is 6. The predicted octanol–water partition coefficient (Wildman–Crippen LogP) is 0.787. The molecule has 1 rings (SSSR count). The summed E-state index contributed by atoms with van der Waals surface area (Å²) in [5.41, 5.74) is -0.468. The Morgan fingerprint density at radius 1 is 1.41 bits per heavy atom. The quantitative estimate of drug-likeness (QED) is 0.464. The number of aliphatic hydroxyl groups is 1. The third-order valence-corrected chi connectivity index (χ3v) is 2.12. The van der Waals surface area contributed by atoms with Crippen molar-refractivity contribution >= 4 is 11.5 Å². The highest BCUT2D eigenvalue weighted by Gasteiger charge is 2.24. The lowest BCUT2D eigenvalue weighted by molar-refractivity contribution is -0.385. The van der Waals surface area contributed by atoms with Crippen molar-refractivity contribution in [3.63, 3.8) is 0 Å². The Kier molecular flexibility index (Phi) is 4.00. The molecule has 0 aliphatic rings. The fourth-order valence-electron chi connectivity index (χ4n) is 1.35. The van der Waals surface area contributed by atoms with Gasteiger partial charge in [-0.05, 0) is 6.07 Å². The summed E-state index contributed by atoms with van der Waals surface area (Å²) in [4.78, 5) is 21.6. The first kappa shape index (κ1) is 12.9. The number of ketones is 1. The van der Waals surface area contributed by atoms with E-state index in [4.69, 9.17) is 14.6 Å². The number of hydrogen-bond donors (Lipinski definition) is 1. The van der Waals surface area contributed by atoms with Crippen LogP contribution in [0.25, 0.3) is 0 Å². The largest absolute Gasteiger partial charge is 0.496 e. The maximum atomic E-state index is 11.4. The van der Waals surface area contributed by atoms with Gasteiger partial charge in [0, 0.05) is 0 Å². The van der Waals surface area contributed by atoms with E-state index in [1.54, 1.807) is 0 Å². The number of rotatable bonds is 5. The molecule has 1 aromatic rings. The Labute approximate surface area is 96.7 Å². The van der Waals surface area contributed by atoms with Crippen molar-refractivity contribution in [2.24, 2.45) is 0 Å². The first-order valence-corrected chi connectivity index (χ1v) is 4.59. The van der Waals surface area contributed by atoms with Crippen LogP contribution in [0.15, 0.2) is 12.1 Å². The van der Waals surface area contributed by atoms with Crippen molar-refractivity contribution < 1.29 is 24.3 Å². The average Bonchev–Trinajstić information content (AvgIpc) is 2.35. The van der Waals surface area contributed by atoms with Gasteiger partial charge in [0.1, 0.15) is 12.4 Å². The molecule has 1 aromatic carbocycles. The zero-order valence-electron chi connectivity index (χ0n) is 9.30. The first-order chi connectivity index (χ1) is 8.04. The fourth-order valence-corrected chi connectivity index (χ4v) is 1.35. The van der Waals surface area contributed by atoms with Crippen molar-refractivity contribution in [3.05, 3.63) is 27.8 Å². The Balaban J connectivity index is 3.50. The maximum absolute atomic E-state index is 11.4. The Morgan fingerprint density at radius 3 is 2.47 bits per heavy atom. The number of aliphatic hydroxyl groups excluding tert-OH is 1. The van der Waals surface area contributed by atoms with E-state index in [1.807, 2.05) is 0 Å². The van der Waals surface area contributed by atoms with Crippen molar-refractivity contribution in [2.75, 3.05) is 20.8 Å². The number of ether oxygens (including phenoxy) is 2. The Bertz CT molecular complexity index is 456. The molecule has 0 spiro atoms. The molecule has 0 unspecified atom stereocenters. The van der Waals surface area contributed by atoms with Gasteiger partial charge < -0.3 is 14.6 Å². The molecular formula is C10H11NO6. The topological polar surface area (TPSA) is 98.9 Å². The molecule has 0 radical (unpaired) electrons. The van der Waals surface area contributed by atoms with Gasteiger partial charge in [-0.3, -0.25) is 14.9 Å². The zero-order chi connectivity index (χ0) is 13.0. The summed E-state index contributed by atoms with van der Waals surface area (Å²) >= 11 is 0. The molecular weight excluding hydrogens is 230 g/mol. The monoisotopic (exact) mass is 241 g/mol. The minimum atomic E-state index is -0.763. The zero-order valence-corrected chi connectivity index (χ0v) is 9.30. The van der Waals surface area contributed by atoms with Gasteiger partial charge in [-0.15, -0.1) is 0 Å². The molecule has 0 saturated carbocycles. The van der Waals surface area contributed by atoms with E-state index in [-0.39, 0.29) is 22.7 Å². The van der Waals surface area contributed by atoms with Gasteiger partial charge >= 0.3 is 5.69 Å². The second-order valence-electron chi connectivity index (χ2n) is 3.07. The van der Waals surface area contributed by atoms with Crippen LogP contribution in [0.5, 0.6) is 11.5 Å². The number of benzene rings is 1. The summed E-state index contributed by atoms with van der Waals surface area (Å²) < 4.78 is 9.68. The standard InChI is InChI=1S/C10H11NO6/c1-16-6-3-7(9(13)5-12)10(17-2)8(4-6)11(14)15/h3-4,12H,5H2,1-2H3. The second kappa shape index (κ2) is 5.26. The van der Waals surface area contributed by atoms with Gasteiger partial charge in [0.25, 0.3) is 0 Å². The Morgan fingerprint density at radius 2 is 2.06 bits per heavy atom. The number of methoxy groups -OCH3 is 2. The molecule has 0 heterocycles. The van der Waals surface area contributed by atoms with Crippen LogP contribution >= 0.6 is 0 Å². The van der Waals surface area contributed by atoms with Gasteiger partial charge in [0.15, 0.2) is 5.78 Å². The maximum Gasteiger partial charge on any atom is 0.315 e. The molecule has 1 N–H and O–H groups in total. The molecule has 7 nitrogen and oxygen atoms in total. The average molecular weight is 241 g/mol. The van der Waals surface area contributed by atoms with E-state index in [2.05, 4.69) is 0 Å². The molecule has 0 aliphatic carbocycles. The van der Waals surface area contributed by atoms with Crippen LogP contribution in [0.4, 0.5) is 5.69 Å². The van der Waals surface area contributed by atoms with Crippen molar-refractivity contribution in [1.82, 2.24) is 0 Å². The number of nitro groups is 1. The summed E-state index contributed by atoms with van der Waals surface area (Å²) in [6, 6.07) is 2.43. The highest BCUT2D eigenvalue weighted by Crippen LogP contribution is 2.35. The molecule has 7 heteroatoms. The minimum Gasteiger partial charge on any atom is -0.496 e. The smallest absolute Gasteiger partial charge is 0.315 e. The minimum absolute atomic E-state index is 0.0824. The van der Waals surface area contributed by atoms with E-state index in [1.165, 1.54) is 20.3 Å². The van der Waals surface area contributed by atoms with Gasteiger partial charge in [0.05, 0.1) is 30.8 Å². The lowest BCUT2D eigenvalue weighted by Crippen LogP contribution is -2.08. The number of Topliss-reactive ketones (excluding diaryl/α,β-unsaturated/α-hetero) is 1. The predicted molar refractivity (Wildman–Crippen MR) is 57.6 cm³/mol. The van der Waals surface area contributed by atoms with Crippen LogP contribution in [-0.4, -0.2) is 36.6 Å². The van der Waals surface area contributed by atoms with Gasteiger partial charge in [-0.2, -0.15) is 0 Å². The van der Waals surface area contributed by atoms with E-state index in [0.29, 0.717) is 0 Å². The van der Waals surface area contributed by atoms with Gasteiger partial charge in [0.2, 0.25) is 5.75 Å². The van der Waals surface area contributed by atoms with Crippen molar-refractivity contribution in [2.45, 2.75) is 0 Å². The van der Waals surface area contributed by atoms with E-state index < -0.39 is 17.3 Å². The highest BCUT2D eigenvalue weighted by atomic mass is 16.6. The molecule has 92 valence electrons. The number of carbonyl (C=O) groups is 1. The molecule has 17 heavy (non-hydrogen) atoms. The van der Waals surface area contributed by atoms with Crippen LogP contribution in [0, 0.1) is 10.1 Å². The second-order valence-corrected chi connectivity index (χ2v) is 3.07. The van der Waals surface area contributed by atoms with E-state index in [0.717, 1.165) is 6.07 Å². The van der Waals surface area contributed by atoms with Crippen LogP contribution in [0.3, 0.4) is 0 Å². The van der Waals surface area contributed by atoms with Gasteiger partial charge in [-0.25, -0.2) is 0 Å². The summed E-state index contributed by atoms with van der Waals surface area (Å²) in [6.07, 6.45) is 0. The molecule has 0 aromatic heterocycles. The third kappa shape index (κ3) is 2.51. The highest BCUT2D eigenvalue weighted by molar-refractivity contribution is 6.01. The van der Waals surface area contributed by atoms with Crippen LogP contribution in [0.2, 0.25) is 0 Å². The van der Waals surface area contributed by atoms with E-state index in [9.17, 15) is 14.9 Å². The van der Waals surface area contributed by atoms with Crippen molar-refractivity contribution in [1.29, 1.82) is 0 Å². The van der Waals surface area contributed by atoms with Crippen LogP contribution in [0.1, 0.15) is 10.4 Å². The fraction of sp³-hybridized carbons (Fsp3) is 0.300. The molecule has 0 amide bonds. The van der Waals surface area contributed by atoms with E-state index >= 15 is 0 Å². The van der Waals surface area contributed by atoms with Crippen LogP contribution in [-0.2, 0) is 0 Å². The molecule has 0 fully saturated rings. The molecule has 0 bridgehead atoms. The summed E-state index contributed by atoms with van der Waals surface area (Å²) in [6.45, 7) is -0.763. The normalized spacial score (nSPS) is 9.82. The molecule has 0 saturated heterocycles. The number of nitrogens with zero attached hydrogens (tertiary/aromatic N) is 1. The number of carbonyl (C=O) groups excluding carboxylic acids is 1. The third-order valence-electron chi connectivity index (χ3n) is 2.12. The van der Waals surface area contributed by atoms with Gasteiger partial charge in [-0.1, -0.05) is 0 Å². The Hall–Kier alpha value is -2.15. The summed E-state index contributed by atoms with van der Waals surface area (Å²) in [5.74, 6) is -0.715. The molecule has 0 atom stereocenters. The first-order valence-electron chi connectivity index (χ1n) is 4.59. The van der Waals surface area contributed by atoms with Crippen LogP contribution < -0.4 is 9.47 Å². The lowest BCUT2D eigenvalue weighted by atomic mass is 10.1. The summed E-state index contributed by atoms with van der Waals surface area (Å²) in [7, 11) is 2.53. The lowest BCUT2D eigenvalue weighted by Gasteiger charge is -2.09. The van der Waals surface area contributed by atoms with Crippen molar-refractivity contribution in [3.8, 4) is 11.5 Å².